The number of hydrogen-bond donors (Lipinski definition) is 1. The molecule has 0 radical (unpaired) electrons. The first-order valence-electron chi connectivity index (χ1n) is 6.51. The van der Waals surface area contributed by atoms with Gasteiger partial charge in [0.1, 0.15) is 16.9 Å². The predicted octanol–water partition coefficient (Wildman–Crippen LogP) is 4.08. The Kier molecular flexibility index (Phi) is 2.88. The van der Waals surface area contributed by atoms with Crippen molar-refractivity contribution in [2.24, 2.45) is 0 Å². The van der Waals surface area contributed by atoms with Crippen LogP contribution in [-0.2, 0) is 5.60 Å². The fourth-order valence-electron chi connectivity index (χ4n) is 2.42. The molecular weight excluding hydrogens is 236 g/mol. The maximum atomic E-state index is 11.0. The van der Waals surface area contributed by atoms with Crippen LogP contribution < -0.4 is 0 Å². The molecule has 3 aromatic rings. The van der Waals surface area contributed by atoms with Gasteiger partial charge in [-0.3, -0.25) is 0 Å². The summed E-state index contributed by atoms with van der Waals surface area (Å²) in [5.74, 6) is 0.599. The lowest BCUT2D eigenvalue weighted by atomic mass is 9.88. The number of rotatable bonds is 3. The Labute approximate surface area is 112 Å². The number of hydrogen-bond acceptors (Lipinski definition) is 2. The van der Waals surface area contributed by atoms with E-state index in [1.54, 1.807) is 0 Å². The first kappa shape index (κ1) is 12.0. The van der Waals surface area contributed by atoms with Gasteiger partial charge < -0.3 is 9.52 Å². The summed E-state index contributed by atoms with van der Waals surface area (Å²) >= 11 is 0. The van der Waals surface area contributed by atoms with Crippen LogP contribution in [0.3, 0.4) is 0 Å². The summed E-state index contributed by atoms with van der Waals surface area (Å²) in [6.45, 7) is 1.96. The van der Waals surface area contributed by atoms with Gasteiger partial charge in [0, 0.05) is 5.39 Å². The summed E-state index contributed by atoms with van der Waals surface area (Å²) < 4.78 is 5.83. The maximum Gasteiger partial charge on any atom is 0.147 e. The third-order valence-electron chi connectivity index (χ3n) is 3.60. The van der Waals surface area contributed by atoms with Crippen molar-refractivity contribution >= 4 is 11.0 Å². The molecular formula is C17H16O2. The van der Waals surface area contributed by atoms with Gasteiger partial charge in [0.05, 0.1) is 0 Å². The van der Waals surface area contributed by atoms with Crippen LogP contribution in [0.4, 0.5) is 0 Å². The third kappa shape index (κ3) is 1.94. The zero-order valence-corrected chi connectivity index (χ0v) is 10.8. The summed E-state index contributed by atoms with van der Waals surface area (Å²) in [5.41, 5.74) is 0.595. The Morgan fingerprint density at radius 2 is 1.68 bits per heavy atom. The minimum absolute atomic E-state index is 0.566. The minimum atomic E-state index is -1.07. The van der Waals surface area contributed by atoms with Gasteiger partial charge in [0.25, 0.3) is 0 Å². The lowest BCUT2D eigenvalue weighted by Gasteiger charge is -2.24. The highest BCUT2D eigenvalue weighted by molar-refractivity contribution is 5.78. The van der Waals surface area contributed by atoms with Crippen molar-refractivity contribution in [3.05, 3.63) is 72.0 Å². The lowest BCUT2D eigenvalue weighted by Crippen LogP contribution is -2.25. The topological polar surface area (TPSA) is 33.4 Å². The normalized spacial score (nSPS) is 14.4. The fraction of sp³-hybridized carbons (Fsp3) is 0.176. The lowest BCUT2D eigenvalue weighted by molar-refractivity contribution is 0.0544. The molecule has 2 nitrogen and oxygen atoms in total. The van der Waals surface area contributed by atoms with E-state index in [2.05, 4.69) is 0 Å². The average molecular weight is 252 g/mol. The second-order valence-electron chi connectivity index (χ2n) is 4.73. The van der Waals surface area contributed by atoms with Gasteiger partial charge >= 0.3 is 0 Å². The molecule has 19 heavy (non-hydrogen) atoms. The molecule has 0 aliphatic heterocycles. The Morgan fingerprint density at radius 1 is 1.00 bits per heavy atom. The van der Waals surface area contributed by atoms with Gasteiger partial charge in [-0.1, -0.05) is 55.5 Å². The van der Waals surface area contributed by atoms with Crippen LogP contribution in [0.5, 0.6) is 0 Å². The maximum absolute atomic E-state index is 11.0. The smallest absolute Gasteiger partial charge is 0.147 e. The van der Waals surface area contributed by atoms with Crippen molar-refractivity contribution in [3.63, 3.8) is 0 Å². The molecule has 0 fully saturated rings. The molecule has 0 saturated carbocycles. The summed E-state index contributed by atoms with van der Waals surface area (Å²) in [4.78, 5) is 0. The predicted molar refractivity (Wildman–Crippen MR) is 75.9 cm³/mol. The van der Waals surface area contributed by atoms with E-state index in [1.165, 1.54) is 0 Å². The summed E-state index contributed by atoms with van der Waals surface area (Å²) in [6.07, 6.45) is 0.566. The van der Waals surface area contributed by atoms with E-state index in [0.717, 1.165) is 16.5 Å². The molecule has 2 aromatic carbocycles. The molecule has 0 aliphatic rings. The highest BCUT2D eigenvalue weighted by atomic mass is 16.4. The molecule has 0 spiro atoms. The second kappa shape index (κ2) is 4.56. The van der Waals surface area contributed by atoms with E-state index in [9.17, 15) is 5.11 Å². The molecule has 0 aliphatic carbocycles. The third-order valence-corrected chi connectivity index (χ3v) is 3.60. The van der Waals surface area contributed by atoms with E-state index in [4.69, 9.17) is 4.42 Å². The molecule has 96 valence electrons. The van der Waals surface area contributed by atoms with Crippen LogP contribution in [0.15, 0.2) is 65.1 Å². The Bertz CT molecular complexity index is 652. The summed E-state index contributed by atoms with van der Waals surface area (Å²) in [5, 5.41) is 12.0. The first-order valence-corrected chi connectivity index (χ1v) is 6.51. The van der Waals surface area contributed by atoms with E-state index >= 15 is 0 Å². The zero-order valence-electron chi connectivity index (χ0n) is 10.8. The van der Waals surface area contributed by atoms with Crippen molar-refractivity contribution in [1.82, 2.24) is 0 Å². The molecule has 1 aromatic heterocycles. The van der Waals surface area contributed by atoms with Gasteiger partial charge in [-0.25, -0.2) is 0 Å². The van der Waals surface area contributed by atoms with Crippen LogP contribution in [0, 0.1) is 0 Å². The monoisotopic (exact) mass is 252 g/mol. The first-order chi connectivity index (χ1) is 9.24. The second-order valence-corrected chi connectivity index (χ2v) is 4.73. The number of benzene rings is 2. The van der Waals surface area contributed by atoms with Crippen LogP contribution >= 0.6 is 0 Å². The van der Waals surface area contributed by atoms with E-state index in [0.29, 0.717) is 12.2 Å². The SMILES string of the molecule is CCC(O)(c1ccccc1)c1cc2ccccc2o1. The van der Waals surface area contributed by atoms with Gasteiger partial charge in [-0.2, -0.15) is 0 Å². The standard InChI is InChI=1S/C17H16O2/c1-2-17(18,14-9-4-3-5-10-14)16-12-13-8-6-7-11-15(13)19-16/h3-12,18H,2H2,1H3. The Morgan fingerprint density at radius 3 is 2.37 bits per heavy atom. The number of para-hydroxylation sites is 1. The number of fused-ring (bicyclic) bond motifs is 1. The van der Waals surface area contributed by atoms with E-state index < -0.39 is 5.60 Å². The van der Waals surface area contributed by atoms with Crippen molar-refractivity contribution in [2.45, 2.75) is 18.9 Å². The molecule has 1 N–H and O–H groups in total. The highest BCUT2D eigenvalue weighted by Gasteiger charge is 2.33. The number of furan rings is 1. The molecule has 1 atom stereocenters. The average Bonchev–Trinajstić information content (AvgIpc) is 2.92. The van der Waals surface area contributed by atoms with Crippen LogP contribution in [0.25, 0.3) is 11.0 Å². The quantitative estimate of drug-likeness (QED) is 0.762. The van der Waals surface area contributed by atoms with E-state index in [-0.39, 0.29) is 0 Å². The highest BCUT2D eigenvalue weighted by Crippen LogP contribution is 2.35. The minimum Gasteiger partial charge on any atom is -0.458 e. The van der Waals surface area contributed by atoms with Crippen molar-refractivity contribution in [2.75, 3.05) is 0 Å². The van der Waals surface area contributed by atoms with Crippen LogP contribution in [-0.4, -0.2) is 5.11 Å². The molecule has 3 rings (SSSR count). The molecule has 2 heteroatoms. The molecule has 0 amide bonds. The molecule has 0 saturated heterocycles. The van der Waals surface area contributed by atoms with Crippen molar-refractivity contribution in [1.29, 1.82) is 0 Å². The fourth-order valence-corrected chi connectivity index (χ4v) is 2.42. The van der Waals surface area contributed by atoms with Gasteiger partial charge in [-0.15, -0.1) is 0 Å². The summed E-state index contributed by atoms with van der Waals surface area (Å²) in [6, 6.07) is 19.4. The summed E-state index contributed by atoms with van der Waals surface area (Å²) in [7, 11) is 0. The molecule has 0 bridgehead atoms. The van der Waals surface area contributed by atoms with Crippen LogP contribution in [0.1, 0.15) is 24.7 Å². The van der Waals surface area contributed by atoms with Gasteiger partial charge in [0.15, 0.2) is 0 Å². The molecule has 1 heterocycles. The van der Waals surface area contributed by atoms with Gasteiger partial charge in [0.2, 0.25) is 0 Å². The number of aliphatic hydroxyl groups is 1. The van der Waals surface area contributed by atoms with Gasteiger partial charge in [-0.05, 0) is 24.1 Å². The molecule has 1 unspecified atom stereocenters. The van der Waals surface area contributed by atoms with Crippen LogP contribution in [0.2, 0.25) is 0 Å². The largest absolute Gasteiger partial charge is 0.458 e. The Balaban J connectivity index is 2.16. The van der Waals surface area contributed by atoms with Crippen molar-refractivity contribution in [3.8, 4) is 0 Å². The van der Waals surface area contributed by atoms with E-state index in [1.807, 2.05) is 67.6 Å². The Hall–Kier alpha value is -2.06. The van der Waals surface area contributed by atoms with Crippen molar-refractivity contribution < 1.29 is 9.52 Å². The zero-order chi connectivity index (χ0) is 13.3.